The third-order valence-corrected chi connectivity index (χ3v) is 4.17. The third-order valence-electron chi connectivity index (χ3n) is 4.17. The maximum absolute atomic E-state index is 12.2. The zero-order valence-electron chi connectivity index (χ0n) is 13.2. The molecule has 3 rings (SSSR count). The standard InChI is InChI=1S/C20H22O3/c21-20(17-9-5-2-6-10-17)13-18-11-12-19(15-23-18)22-14-16-7-3-1-4-8-16/h1-10,18-19H,11-15H2/t18-,19-/m1/s1. The summed E-state index contributed by atoms with van der Waals surface area (Å²) < 4.78 is 11.7. The second-order valence-electron chi connectivity index (χ2n) is 5.94. The number of ether oxygens (including phenoxy) is 2. The molecule has 0 saturated carbocycles. The van der Waals surface area contributed by atoms with E-state index >= 15 is 0 Å². The largest absolute Gasteiger partial charge is 0.375 e. The van der Waals surface area contributed by atoms with Crippen LogP contribution in [0, 0.1) is 0 Å². The zero-order chi connectivity index (χ0) is 15.9. The van der Waals surface area contributed by atoms with Crippen molar-refractivity contribution >= 4 is 5.78 Å². The lowest BCUT2D eigenvalue weighted by atomic mass is 9.99. The maximum atomic E-state index is 12.2. The first-order valence-corrected chi connectivity index (χ1v) is 8.16. The number of ketones is 1. The Hall–Kier alpha value is -1.97. The fourth-order valence-electron chi connectivity index (χ4n) is 2.81. The minimum atomic E-state index is 0.0132. The summed E-state index contributed by atoms with van der Waals surface area (Å²) in [6.07, 6.45) is 2.41. The number of Topliss-reactive ketones (excluding diaryl/α,β-unsaturated/α-hetero) is 1. The highest BCUT2D eigenvalue weighted by Gasteiger charge is 2.24. The minimum Gasteiger partial charge on any atom is -0.375 e. The van der Waals surface area contributed by atoms with Crippen LogP contribution >= 0.6 is 0 Å². The molecule has 2 aromatic rings. The van der Waals surface area contributed by atoms with Crippen LogP contribution in [0.5, 0.6) is 0 Å². The van der Waals surface area contributed by atoms with Gasteiger partial charge < -0.3 is 9.47 Å². The van der Waals surface area contributed by atoms with E-state index in [0.717, 1.165) is 18.4 Å². The monoisotopic (exact) mass is 310 g/mol. The number of hydrogen-bond acceptors (Lipinski definition) is 3. The number of carbonyl (C=O) groups is 1. The van der Waals surface area contributed by atoms with Crippen molar-refractivity contribution in [2.45, 2.75) is 38.1 Å². The topological polar surface area (TPSA) is 35.5 Å². The summed E-state index contributed by atoms with van der Waals surface area (Å²) in [5, 5.41) is 0. The molecule has 0 spiro atoms. The van der Waals surface area contributed by atoms with Crippen molar-refractivity contribution in [3.63, 3.8) is 0 Å². The number of carbonyl (C=O) groups excluding carboxylic acids is 1. The lowest BCUT2D eigenvalue weighted by molar-refractivity contribution is -0.0897. The van der Waals surface area contributed by atoms with Gasteiger partial charge in [0, 0.05) is 12.0 Å². The van der Waals surface area contributed by atoms with Gasteiger partial charge in [0.15, 0.2) is 5.78 Å². The van der Waals surface area contributed by atoms with Gasteiger partial charge in [-0.15, -0.1) is 0 Å². The van der Waals surface area contributed by atoms with Crippen molar-refractivity contribution in [3.05, 3.63) is 71.8 Å². The van der Waals surface area contributed by atoms with Crippen molar-refractivity contribution in [3.8, 4) is 0 Å². The molecule has 3 heteroatoms. The minimum absolute atomic E-state index is 0.0132. The molecule has 0 aromatic heterocycles. The van der Waals surface area contributed by atoms with E-state index in [1.54, 1.807) is 0 Å². The Labute approximate surface area is 137 Å². The average Bonchev–Trinajstić information content (AvgIpc) is 2.63. The van der Waals surface area contributed by atoms with Crippen molar-refractivity contribution in [2.24, 2.45) is 0 Å². The lowest BCUT2D eigenvalue weighted by Crippen LogP contribution is -2.32. The zero-order valence-corrected chi connectivity index (χ0v) is 13.2. The molecule has 2 atom stereocenters. The second-order valence-corrected chi connectivity index (χ2v) is 5.94. The van der Waals surface area contributed by atoms with Crippen molar-refractivity contribution in [1.29, 1.82) is 0 Å². The SMILES string of the molecule is O=C(C[C@H]1CC[C@@H](OCc2ccccc2)CO1)c1ccccc1. The van der Waals surface area contributed by atoms with E-state index in [2.05, 4.69) is 12.1 Å². The van der Waals surface area contributed by atoms with Gasteiger partial charge >= 0.3 is 0 Å². The fourth-order valence-corrected chi connectivity index (χ4v) is 2.81. The highest BCUT2D eigenvalue weighted by molar-refractivity contribution is 5.96. The van der Waals surface area contributed by atoms with E-state index in [1.165, 1.54) is 5.56 Å². The smallest absolute Gasteiger partial charge is 0.165 e. The van der Waals surface area contributed by atoms with Crippen molar-refractivity contribution in [1.82, 2.24) is 0 Å². The Morgan fingerprint density at radius 3 is 2.35 bits per heavy atom. The first kappa shape index (κ1) is 15.9. The molecule has 0 N–H and O–H groups in total. The molecule has 0 aliphatic carbocycles. The average molecular weight is 310 g/mol. The van der Waals surface area contributed by atoms with E-state index in [9.17, 15) is 4.79 Å². The predicted molar refractivity (Wildman–Crippen MR) is 89.4 cm³/mol. The van der Waals surface area contributed by atoms with Crippen LogP contribution in [0.25, 0.3) is 0 Å². The van der Waals surface area contributed by atoms with Crippen LogP contribution in [0.2, 0.25) is 0 Å². The molecule has 0 amide bonds. The predicted octanol–water partition coefficient (Wildman–Crippen LogP) is 4.02. The van der Waals surface area contributed by atoms with Crippen LogP contribution in [0.4, 0.5) is 0 Å². The highest BCUT2D eigenvalue weighted by atomic mass is 16.5. The van der Waals surface area contributed by atoms with Gasteiger partial charge in [0.05, 0.1) is 25.4 Å². The summed E-state index contributed by atoms with van der Waals surface area (Å²) in [5.41, 5.74) is 1.94. The van der Waals surface area contributed by atoms with Gasteiger partial charge in [-0.25, -0.2) is 0 Å². The Kier molecular flexibility index (Phi) is 5.56. The van der Waals surface area contributed by atoms with E-state index < -0.39 is 0 Å². The van der Waals surface area contributed by atoms with Crippen LogP contribution < -0.4 is 0 Å². The van der Waals surface area contributed by atoms with Gasteiger partial charge in [-0.2, -0.15) is 0 Å². The van der Waals surface area contributed by atoms with Crippen LogP contribution in [0.1, 0.15) is 35.2 Å². The quantitative estimate of drug-likeness (QED) is 0.756. The molecule has 3 nitrogen and oxygen atoms in total. The molecule has 0 radical (unpaired) electrons. The lowest BCUT2D eigenvalue weighted by Gasteiger charge is -2.28. The van der Waals surface area contributed by atoms with Gasteiger partial charge in [-0.1, -0.05) is 60.7 Å². The number of rotatable bonds is 6. The van der Waals surface area contributed by atoms with Gasteiger partial charge in [0.25, 0.3) is 0 Å². The molecule has 2 aromatic carbocycles. The number of hydrogen-bond donors (Lipinski definition) is 0. The molecule has 1 aliphatic heterocycles. The van der Waals surface area contributed by atoms with Crippen LogP contribution in [-0.4, -0.2) is 24.6 Å². The maximum Gasteiger partial charge on any atom is 0.165 e. The molecule has 23 heavy (non-hydrogen) atoms. The van der Waals surface area contributed by atoms with Gasteiger partial charge in [-0.05, 0) is 18.4 Å². The molecular weight excluding hydrogens is 288 g/mol. The molecule has 1 fully saturated rings. The Bertz CT molecular complexity index is 601. The van der Waals surface area contributed by atoms with Crippen molar-refractivity contribution in [2.75, 3.05) is 6.61 Å². The summed E-state index contributed by atoms with van der Waals surface area (Å²) in [7, 11) is 0. The molecular formula is C20H22O3. The Balaban J connectivity index is 1.41. The molecule has 1 saturated heterocycles. The van der Waals surface area contributed by atoms with E-state index in [-0.39, 0.29) is 18.0 Å². The van der Waals surface area contributed by atoms with Crippen molar-refractivity contribution < 1.29 is 14.3 Å². The highest BCUT2D eigenvalue weighted by Crippen LogP contribution is 2.21. The molecule has 120 valence electrons. The number of benzene rings is 2. The summed E-state index contributed by atoms with van der Waals surface area (Å²) >= 11 is 0. The van der Waals surface area contributed by atoms with Gasteiger partial charge in [-0.3, -0.25) is 4.79 Å². The van der Waals surface area contributed by atoms with E-state index in [0.29, 0.717) is 19.6 Å². The fraction of sp³-hybridized carbons (Fsp3) is 0.350. The first-order chi connectivity index (χ1) is 11.3. The first-order valence-electron chi connectivity index (χ1n) is 8.16. The van der Waals surface area contributed by atoms with E-state index in [4.69, 9.17) is 9.47 Å². The molecule has 1 heterocycles. The summed E-state index contributed by atoms with van der Waals surface area (Å²) in [6.45, 7) is 1.18. The summed E-state index contributed by atoms with van der Waals surface area (Å²) in [6, 6.07) is 19.6. The second kappa shape index (κ2) is 8.04. The molecule has 0 unspecified atom stereocenters. The normalized spacial score (nSPS) is 21.0. The Morgan fingerprint density at radius 1 is 1.00 bits per heavy atom. The van der Waals surface area contributed by atoms with Crippen LogP contribution in [-0.2, 0) is 16.1 Å². The van der Waals surface area contributed by atoms with E-state index in [1.807, 2.05) is 48.5 Å². The van der Waals surface area contributed by atoms with Gasteiger partial charge in [0.2, 0.25) is 0 Å². The molecule has 0 bridgehead atoms. The third kappa shape index (κ3) is 4.75. The van der Waals surface area contributed by atoms with Crippen LogP contribution in [0.3, 0.4) is 0 Å². The molecule has 1 aliphatic rings. The van der Waals surface area contributed by atoms with Gasteiger partial charge in [0.1, 0.15) is 0 Å². The van der Waals surface area contributed by atoms with Crippen LogP contribution in [0.15, 0.2) is 60.7 Å². The summed E-state index contributed by atoms with van der Waals surface area (Å²) in [5.74, 6) is 0.152. The Morgan fingerprint density at radius 2 is 1.70 bits per heavy atom. The summed E-state index contributed by atoms with van der Waals surface area (Å²) in [4.78, 5) is 12.2.